The van der Waals surface area contributed by atoms with Crippen molar-refractivity contribution >= 4 is 55.6 Å². The van der Waals surface area contributed by atoms with E-state index < -0.39 is 18.1 Å². The minimum atomic E-state index is -3.82. The molecule has 0 saturated heterocycles. The molecule has 0 unspecified atom stereocenters. The van der Waals surface area contributed by atoms with E-state index in [9.17, 15) is 8.42 Å². The number of pyridine rings is 1. The topological polar surface area (TPSA) is 50.3 Å². The predicted octanol–water partition coefficient (Wildman–Crippen LogP) is 4.64. The van der Waals surface area contributed by atoms with E-state index in [1.54, 1.807) is 42.5 Å². The Kier molecular flexibility index (Phi) is 5.91. The monoisotopic (exact) mass is 486 g/mol. The number of hydrogen-bond acceptors (Lipinski definition) is 3. The Morgan fingerprint density at radius 3 is 2.21 bits per heavy atom. The first kappa shape index (κ1) is 19.2. The fourth-order valence-corrected chi connectivity index (χ4v) is 4.70. The molecule has 0 amide bonds. The van der Waals surface area contributed by atoms with E-state index in [0.717, 1.165) is 4.31 Å². The zero-order valence-corrected chi connectivity index (χ0v) is 18.4. The van der Waals surface area contributed by atoms with E-state index in [-0.39, 0.29) is 4.90 Å². The minimum Gasteiger partial charge on any atom is -0.232 e. The van der Waals surface area contributed by atoms with Crippen LogP contribution >= 0.6 is 31.9 Å². The molecule has 0 spiro atoms. The van der Waals surface area contributed by atoms with Gasteiger partial charge >= 0.3 is 0 Å². The highest BCUT2D eigenvalue weighted by atomic mass is 79.9. The lowest BCUT2D eigenvalue weighted by Gasteiger charge is -2.19. The van der Waals surface area contributed by atoms with Crippen LogP contribution in [0.1, 0.15) is 0 Å². The van der Waals surface area contributed by atoms with Gasteiger partial charge in [0.1, 0.15) is 17.3 Å². The molecule has 1 aromatic heterocycles. The summed E-state index contributed by atoms with van der Waals surface area (Å²) in [6.07, 6.45) is 0. The summed E-state index contributed by atoms with van der Waals surface area (Å²) in [7, 11) is -5.59. The quantitative estimate of drug-likeness (QED) is 0.274. The van der Waals surface area contributed by atoms with Crippen LogP contribution in [0.15, 0.2) is 56.6 Å². The Balaban J connectivity index is 2.65. The molecule has 0 saturated carbocycles. The average molecular weight is 488 g/mol. The number of benzene rings is 1. The maximum atomic E-state index is 13.1. The Morgan fingerprint density at radius 1 is 1.04 bits per heavy atom. The van der Waals surface area contributed by atoms with E-state index in [0.29, 0.717) is 14.9 Å². The highest BCUT2D eigenvalue weighted by Crippen LogP contribution is 2.30. The minimum absolute atomic E-state index is 0.185. The van der Waals surface area contributed by atoms with Gasteiger partial charge in [0, 0.05) is 6.04 Å². The summed E-state index contributed by atoms with van der Waals surface area (Å²) in [4.78, 5) is 4.40. The summed E-state index contributed by atoms with van der Waals surface area (Å²) in [6, 6.07) is 14.5. The van der Waals surface area contributed by atoms with Gasteiger partial charge in [0.15, 0.2) is 0 Å². The summed E-state index contributed by atoms with van der Waals surface area (Å²) >= 11 is 6.60. The molecule has 0 aliphatic heterocycles. The fraction of sp³-hybridized carbons (Fsp3) is 0.188. The van der Waals surface area contributed by atoms with E-state index in [1.165, 1.54) is 0 Å². The number of nitrogens with zero attached hydrogens (tertiary/aromatic N) is 2. The Bertz CT molecular complexity index is 901. The number of anilines is 1. The Labute approximate surface area is 160 Å². The molecular formula is C16H16Br2N2O2SSi. The molecule has 1 heterocycles. The number of halogens is 2. The second-order valence-corrected chi connectivity index (χ2v) is 14.1. The third-order valence-corrected chi connectivity index (χ3v) is 6.35. The van der Waals surface area contributed by atoms with Crippen molar-refractivity contribution in [3.8, 4) is 11.6 Å². The highest BCUT2D eigenvalue weighted by molar-refractivity contribution is 9.11. The average Bonchev–Trinajstić information content (AvgIpc) is 2.49. The van der Waals surface area contributed by atoms with Crippen LogP contribution in [0.3, 0.4) is 0 Å². The molecule has 2 aromatic rings. The Hall–Kier alpha value is -1.14. The molecule has 0 N–H and O–H groups in total. The molecule has 0 bridgehead atoms. The first-order chi connectivity index (χ1) is 11.1. The van der Waals surface area contributed by atoms with E-state index in [4.69, 9.17) is 0 Å². The van der Waals surface area contributed by atoms with E-state index in [1.807, 2.05) is 0 Å². The van der Waals surface area contributed by atoms with Crippen molar-refractivity contribution in [3.63, 3.8) is 0 Å². The smallest absolute Gasteiger partial charge is 0.232 e. The van der Waals surface area contributed by atoms with Crippen molar-refractivity contribution in [2.24, 2.45) is 0 Å². The summed E-state index contributed by atoms with van der Waals surface area (Å²) in [5.74, 6) is 0. The Morgan fingerprint density at radius 2 is 1.67 bits per heavy atom. The van der Waals surface area contributed by atoms with Crippen LogP contribution in [-0.4, -0.2) is 21.5 Å². The molecule has 2 rings (SSSR count). The molecule has 1 aromatic carbocycles. The second-order valence-electron chi connectivity index (χ2n) is 6.01. The summed E-state index contributed by atoms with van der Waals surface area (Å²) < 4.78 is 28.2. The molecule has 126 valence electrons. The van der Waals surface area contributed by atoms with Crippen molar-refractivity contribution in [2.45, 2.75) is 24.5 Å². The predicted molar refractivity (Wildman–Crippen MR) is 107 cm³/mol. The number of aromatic nitrogens is 1. The largest absolute Gasteiger partial charge is 0.275 e. The van der Waals surface area contributed by atoms with Gasteiger partial charge in [-0.25, -0.2) is 13.4 Å². The molecule has 4 nitrogen and oxygen atoms in total. The second kappa shape index (κ2) is 7.40. The summed E-state index contributed by atoms with van der Waals surface area (Å²) in [5, 5.41) is 0. The lowest BCUT2D eigenvalue weighted by atomic mass is 10.4. The van der Waals surface area contributed by atoms with Crippen molar-refractivity contribution in [2.75, 3.05) is 4.31 Å². The number of hydrogen-bond donors (Lipinski definition) is 0. The van der Waals surface area contributed by atoms with Crippen molar-refractivity contribution < 1.29 is 8.42 Å². The highest BCUT2D eigenvalue weighted by Gasteiger charge is 2.26. The lowest BCUT2D eigenvalue weighted by Crippen LogP contribution is -2.28. The maximum Gasteiger partial charge on any atom is 0.275 e. The van der Waals surface area contributed by atoms with Crippen molar-refractivity contribution in [1.29, 1.82) is 0 Å². The van der Waals surface area contributed by atoms with Crippen molar-refractivity contribution in [3.05, 3.63) is 51.7 Å². The van der Waals surface area contributed by atoms with E-state index >= 15 is 0 Å². The third kappa shape index (κ3) is 4.69. The molecule has 0 atom stereocenters. The molecule has 0 radical (unpaired) electrons. The van der Waals surface area contributed by atoms with E-state index in [2.05, 4.69) is 68.1 Å². The molecule has 0 aliphatic carbocycles. The van der Waals surface area contributed by atoms with Crippen LogP contribution in [0, 0.1) is 11.6 Å². The summed E-state index contributed by atoms with van der Waals surface area (Å²) in [6.45, 7) is 6.17. The SMILES string of the molecule is C[Si](C)(C)C#CN(c1ccc(Br)nc1Br)S(=O)(=O)c1ccccc1. The van der Waals surface area contributed by atoms with Crippen LogP contribution < -0.4 is 4.31 Å². The van der Waals surface area contributed by atoms with Crippen LogP contribution in [-0.2, 0) is 10.0 Å². The molecule has 8 heteroatoms. The molecule has 0 fully saturated rings. The van der Waals surface area contributed by atoms with Gasteiger partial charge in [-0.15, -0.1) is 5.54 Å². The standard InChI is InChI=1S/C16H16Br2N2O2SSi/c1-24(2,3)12-11-20(14-9-10-15(17)19-16(14)18)23(21,22)13-7-5-4-6-8-13/h4-10H,1-3H3. The van der Waals surface area contributed by atoms with Crippen LogP contribution in [0.4, 0.5) is 5.69 Å². The van der Waals surface area contributed by atoms with Gasteiger partial charge in [-0.2, -0.15) is 4.31 Å². The zero-order chi connectivity index (χ0) is 18.0. The van der Waals surface area contributed by atoms with Gasteiger partial charge in [-0.3, -0.25) is 0 Å². The maximum absolute atomic E-state index is 13.1. The first-order valence-corrected chi connectivity index (χ1v) is 13.6. The van der Waals surface area contributed by atoms with Crippen LogP contribution in [0.5, 0.6) is 0 Å². The van der Waals surface area contributed by atoms with Gasteiger partial charge in [-0.1, -0.05) is 37.8 Å². The molecule has 24 heavy (non-hydrogen) atoms. The first-order valence-electron chi connectivity index (χ1n) is 7.06. The van der Waals surface area contributed by atoms with Crippen LogP contribution in [0.2, 0.25) is 19.6 Å². The lowest BCUT2D eigenvalue weighted by molar-refractivity contribution is 0.596. The molecular weight excluding hydrogens is 472 g/mol. The van der Waals surface area contributed by atoms with Gasteiger partial charge in [0.2, 0.25) is 0 Å². The van der Waals surface area contributed by atoms with Gasteiger partial charge in [0.25, 0.3) is 10.0 Å². The summed E-state index contributed by atoms with van der Waals surface area (Å²) in [5.41, 5.74) is 3.50. The third-order valence-electron chi connectivity index (χ3n) is 2.83. The zero-order valence-electron chi connectivity index (χ0n) is 13.4. The van der Waals surface area contributed by atoms with Crippen LogP contribution in [0.25, 0.3) is 0 Å². The van der Waals surface area contributed by atoms with Gasteiger partial charge < -0.3 is 0 Å². The van der Waals surface area contributed by atoms with Gasteiger partial charge in [0.05, 0.1) is 10.6 Å². The van der Waals surface area contributed by atoms with Crippen molar-refractivity contribution in [1.82, 2.24) is 4.98 Å². The van der Waals surface area contributed by atoms with Gasteiger partial charge in [-0.05, 0) is 56.1 Å². The number of sulfonamides is 1. The number of rotatable bonds is 3. The fourth-order valence-electron chi connectivity index (χ4n) is 1.72. The normalized spacial score (nSPS) is 11.5. The molecule has 0 aliphatic rings.